The fraction of sp³-hybridized carbons (Fsp3) is 0.409. The number of fused-ring (bicyclic) bond motifs is 1. The van der Waals surface area contributed by atoms with E-state index in [2.05, 4.69) is 11.9 Å². The Bertz CT molecular complexity index is 1050. The highest BCUT2D eigenvalue weighted by atomic mass is 32.1. The number of piperidine rings is 1. The lowest BCUT2D eigenvalue weighted by molar-refractivity contribution is -0.136. The molecule has 1 aliphatic heterocycles. The average Bonchev–Trinajstić information content (AvgIpc) is 3.21. The molecule has 0 aliphatic carbocycles. The van der Waals surface area contributed by atoms with Crippen molar-refractivity contribution in [1.82, 2.24) is 14.5 Å². The Morgan fingerprint density at radius 2 is 1.97 bits per heavy atom. The van der Waals surface area contributed by atoms with Gasteiger partial charge >= 0.3 is 0 Å². The Morgan fingerprint density at radius 1 is 1.24 bits per heavy atom. The SMILES string of the molecule is CC(CC(=O)N1CCC(O)(Cn2cnc3sccc3c2=O)CC1)c1ccccc1. The van der Waals surface area contributed by atoms with Crippen molar-refractivity contribution >= 4 is 27.5 Å². The Labute approximate surface area is 173 Å². The quantitative estimate of drug-likeness (QED) is 0.700. The number of carbonyl (C=O) groups excluding carboxylic acids is 1. The number of carbonyl (C=O) groups is 1. The number of rotatable bonds is 5. The molecule has 1 aromatic carbocycles. The number of amides is 1. The van der Waals surface area contributed by atoms with Crippen LogP contribution in [0.3, 0.4) is 0 Å². The number of nitrogens with zero attached hydrogens (tertiary/aromatic N) is 3. The second kappa shape index (κ2) is 8.08. The molecule has 29 heavy (non-hydrogen) atoms. The van der Waals surface area contributed by atoms with Crippen LogP contribution in [0, 0.1) is 0 Å². The molecule has 3 aromatic rings. The first-order chi connectivity index (χ1) is 14.0. The van der Waals surface area contributed by atoms with Crippen molar-refractivity contribution in [2.75, 3.05) is 13.1 Å². The van der Waals surface area contributed by atoms with E-state index in [1.165, 1.54) is 22.2 Å². The van der Waals surface area contributed by atoms with Crippen LogP contribution in [0.4, 0.5) is 0 Å². The summed E-state index contributed by atoms with van der Waals surface area (Å²) < 4.78 is 1.49. The van der Waals surface area contributed by atoms with Gasteiger partial charge in [-0.05, 0) is 35.8 Å². The van der Waals surface area contributed by atoms with E-state index >= 15 is 0 Å². The lowest BCUT2D eigenvalue weighted by Crippen LogP contribution is -2.49. The fourth-order valence-electron chi connectivity index (χ4n) is 3.94. The zero-order chi connectivity index (χ0) is 20.4. The van der Waals surface area contributed by atoms with Gasteiger partial charge in [0.1, 0.15) is 4.83 Å². The molecule has 2 aromatic heterocycles. The molecule has 3 heterocycles. The van der Waals surface area contributed by atoms with Gasteiger partial charge in [-0.25, -0.2) is 4.98 Å². The van der Waals surface area contributed by atoms with Crippen LogP contribution >= 0.6 is 11.3 Å². The number of aliphatic hydroxyl groups is 1. The summed E-state index contributed by atoms with van der Waals surface area (Å²) in [5.74, 6) is 0.272. The number of likely N-dealkylation sites (tertiary alicyclic amines) is 1. The van der Waals surface area contributed by atoms with E-state index in [0.717, 1.165) is 5.56 Å². The van der Waals surface area contributed by atoms with Crippen LogP contribution in [0.2, 0.25) is 0 Å². The average molecular weight is 412 g/mol. The maximum atomic E-state index is 12.7. The predicted molar refractivity (Wildman–Crippen MR) is 114 cm³/mol. The topological polar surface area (TPSA) is 75.4 Å². The molecule has 1 N–H and O–H groups in total. The molecule has 0 spiro atoms. The Hall–Kier alpha value is -2.51. The lowest BCUT2D eigenvalue weighted by atomic mass is 9.90. The molecule has 1 unspecified atom stereocenters. The Balaban J connectivity index is 1.37. The summed E-state index contributed by atoms with van der Waals surface area (Å²) in [6, 6.07) is 11.8. The van der Waals surface area contributed by atoms with Gasteiger partial charge < -0.3 is 10.0 Å². The van der Waals surface area contributed by atoms with Crippen LogP contribution < -0.4 is 5.56 Å². The van der Waals surface area contributed by atoms with Gasteiger partial charge in [-0.2, -0.15) is 0 Å². The first kappa shape index (κ1) is 19.8. The van der Waals surface area contributed by atoms with E-state index in [0.29, 0.717) is 42.6 Å². The molecule has 4 rings (SSSR count). The van der Waals surface area contributed by atoms with Gasteiger partial charge in [0.25, 0.3) is 5.56 Å². The van der Waals surface area contributed by atoms with E-state index in [1.807, 2.05) is 40.6 Å². The second-order valence-corrected chi connectivity index (χ2v) is 8.83. The summed E-state index contributed by atoms with van der Waals surface area (Å²) in [6.07, 6.45) is 2.87. The monoisotopic (exact) mass is 411 g/mol. The molecule has 1 fully saturated rings. The minimum Gasteiger partial charge on any atom is -0.388 e. The second-order valence-electron chi connectivity index (χ2n) is 7.94. The van der Waals surface area contributed by atoms with Gasteiger partial charge in [0.15, 0.2) is 0 Å². The Kier molecular flexibility index (Phi) is 5.52. The predicted octanol–water partition coefficient (Wildman–Crippen LogP) is 3.01. The summed E-state index contributed by atoms with van der Waals surface area (Å²) in [4.78, 5) is 32.1. The van der Waals surface area contributed by atoms with E-state index in [-0.39, 0.29) is 23.9 Å². The highest BCUT2D eigenvalue weighted by Crippen LogP contribution is 2.26. The van der Waals surface area contributed by atoms with Crippen LogP contribution in [0.25, 0.3) is 10.2 Å². The van der Waals surface area contributed by atoms with Crippen molar-refractivity contribution in [2.24, 2.45) is 0 Å². The third-order valence-electron chi connectivity index (χ3n) is 5.81. The number of hydrogen-bond acceptors (Lipinski definition) is 5. The molecule has 152 valence electrons. The van der Waals surface area contributed by atoms with Crippen molar-refractivity contribution in [2.45, 2.75) is 44.2 Å². The lowest BCUT2D eigenvalue weighted by Gasteiger charge is -2.38. The van der Waals surface area contributed by atoms with Crippen molar-refractivity contribution in [3.8, 4) is 0 Å². The van der Waals surface area contributed by atoms with Crippen LogP contribution in [-0.2, 0) is 11.3 Å². The zero-order valence-electron chi connectivity index (χ0n) is 16.5. The number of aromatic nitrogens is 2. The van der Waals surface area contributed by atoms with Gasteiger partial charge in [-0.1, -0.05) is 37.3 Å². The molecule has 6 nitrogen and oxygen atoms in total. The maximum Gasteiger partial charge on any atom is 0.262 e. The van der Waals surface area contributed by atoms with Crippen LogP contribution in [0.5, 0.6) is 0 Å². The van der Waals surface area contributed by atoms with Gasteiger partial charge in [-0.15, -0.1) is 11.3 Å². The molecule has 1 atom stereocenters. The Morgan fingerprint density at radius 3 is 2.69 bits per heavy atom. The van der Waals surface area contributed by atoms with Crippen LogP contribution in [-0.4, -0.2) is 44.2 Å². The number of thiophene rings is 1. The van der Waals surface area contributed by atoms with Crippen molar-refractivity contribution in [1.29, 1.82) is 0 Å². The van der Waals surface area contributed by atoms with E-state index < -0.39 is 5.60 Å². The molecular weight excluding hydrogens is 386 g/mol. The smallest absolute Gasteiger partial charge is 0.262 e. The van der Waals surface area contributed by atoms with E-state index in [1.54, 1.807) is 6.07 Å². The first-order valence-corrected chi connectivity index (χ1v) is 10.8. The summed E-state index contributed by atoms with van der Waals surface area (Å²) in [7, 11) is 0. The molecule has 0 bridgehead atoms. The van der Waals surface area contributed by atoms with Crippen LogP contribution in [0.15, 0.2) is 52.9 Å². The maximum absolute atomic E-state index is 12.7. The standard InChI is InChI=1S/C22H25N3O3S/c1-16(17-5-3-2-4-6-17)13-19(26)24-10-8-22(28,9-11-24)14-25-15-23-20-18(21(25)27)7-12-29-20/h2-7,12,15-16,28H,8-11,13-14H2,1H3. The minimum absolute atomic E-state index is 0.113. The molecule has 0 radical (unpaired) electrons. The molecule has 1 amide bonds. The van der Waals surface area contributed by atoms with Crippen molar-refractivity contribution in [3.63, 3.8) is 0 Å². The highest BCUT2D eigenvalue weighted by Gasteiger charge is 2.35. The minimum atomic E-state index is -1.00. The third-order valence-corrected chi connectivity index (χ3v) is 6.63. The normalized spacial score (nSPS) is 17.4. The molecular formula is C22H25N3O3S. The van der Waals surface area contributed by atoms with Crippen molar-refractivity contribution in [3.05, 3.63) is 64.0 Å². The zero-order valence-corrected chi connectivity index (χ0v) is 17.3. The van der Waals surface area contributed by atoms with Crippen LogP contribution in [0.1, 0.15) is 37.7 Å². The van der Waals surface area contributed by atoms with Gasteiger partial charge in [0.05, 0.1) is 23.9 Å². The summed E-state index contributed by atoms with van der Waals surface area (Å²) >= 11 is 1.43. The van der Waals surface area contributed by atoms with Crippen molar-refractivity contribution < 1.29 is 9.90 Å². The summed E-state index contributed by atoms with van der Waals surface area (Å²) in [6.45, 7) is 3.26. The van der Waals surface area contributed by atoms with Gasteiger partial charge in [0.2, 0.25) is 5.91 Å². The van der Waals surface area contributed by atoms with Gasteiger partial charge in [0, 0.05) is 19.5 Å². The van der Waals surface area contributed by atoms with Gasteiger partial charge in [-0.3, -0.25) is 14.2 Å². The first-order valence-electron chi connectivity index (χ1n) is 9.93. The summed E-state index contributed by atoms with van der Waals surface area (Å²) in [5.41, 5.74) is 0.0294. The van der Waals surface area contributed by atoms with E-state index in [4.69, 9.17) is 0 Å². The fourth-order valence-corrected chi connectivity index (χ4v) is 4.67. The number of hydrogen-bond donors (Lipinski definition) is 1. The largest absolute Gasteiger partial charge is 0.388 e. The summed E-state index contributed by atoms with van der Waals surface area (Å²) in [5, 5.41) is 13.4. The highest BCUT2D eigenvalue weighted by molar-refractivity contribution is 7.16. The molecule has 0 saturated carbocycles. The van der Waals surface area contributed by atoms with E-state index in [9.17, 15) is 14.7 Å². The molecule has 1 saturated heterocycles. The third kappa shape index (κ3) is 4.26. The molecule has 7 heteroatoms. The molecule has 1 aliphatic rings. The number of benzene rings is 1.